The number of halogens is 1. The fourth-order valence-electron chi connectivity index (χ4n) is 4.21. The lowest BCUT2D eigenvalue weighted by Gasteiger charge is -2.13. The number of carbonyl (C=O) groups is 1. The molecule has 0 aliphatic carbocycles. The minimum Gasteiger partial charge on any atom is -0.497 e. The molecular weight excluding hydrogens is 499 g/mol. The van der Waals surface area contributed by atoms with Gasteiger partial charge in [-0.25, -0.2) is 4.39 Å². The van der Waals surface area contributed by atoms with Crippen LogP contribution in [0.2, 0.25) is 0 Å². The molecule has 0 radical (unpaired) electrons. The highest BCUT2D eigenvalue weighted by molar-refractivity contribution is 8.08. The van der Waals surface area contributed by atoms with Crippen LogP contribution in [0.5, 0.6) is 5.75 Å². The number of nitrogens with zero attached hydrogens (tertiary/aromatic N) is 4. The zero-order valence-electron chi connectivity index (χ0n) is 20.4. The lowest BCUT2D eigenvalue weighted by atomic mass is 10.2. The van der Waals surface area contributed by atoms with Gasteiger partial charge in [0.1, 0.15) is 25.8 Å². The van der Waals surface area contributed by atoms with Crippen molar-refractivity contribution in [3.8, 4) is 5.75 Å². The van der Waals surface area contributed by atoms with Crippen molar-refractivity contribution in [3.05, 3.63) is 67.8 Å². The number of anilines is 2. The van der Waals surface area contributed by atoms with Crippen LogP contribution in [0.1, 0.15) is 26.7 Å². The Hall–Kier alpha value is -3.37. The lowest BCUT2D eigenvalue weighted by Crippen LogP contribution is -2.35. The van der Waals surface area contributed by atoms with E-state index in [0.717, 1.165) is 34.2 Å². The summed E-state index contributed by atoms with van der Waals surface area (Å²) in [6.07, 6.45) is 1.71. The van der Waals surface area contributed by atoms with Crippen molar-refractivity contribution < 1.29 is 13.9 Å². The summed E-state index contributed by atoms with van der Waals surface area (Å²) in [5.74, 6) is 0.0255. The van der Waals surface area contributed by atoms with Gasteiger partial charge in [-0.15, -0.1) is 11.3 Å². The highest BCUT2D eigenvalue weighted by atomic mass is 32.2. The van der Waals surface area contributed by atoms with Gasteiger partial charge in [-0.3, -0.25) is 14.2 Å². The van der Waals surface area contributed by atoms with E-state index in [9.17, 15) is 14.0 Å². The number of methoxy groups -OCH3 is 1. The number of thioether (sulfide) groups is 1. The van der Waals surface area contributed by atoms with Crippen LogP contribution in [-0.2, 0) is 11.3 Å². The van der Waals surface area contributed by atoms with E-state index in [4.69, 9.17) is 4.74 Å². The van der Waals surface area contributed by atoms with Gasteiger partial charge < -0.3 is 9.64 Å². The number of ether oxygens (including phenoxy) is 1. The van der Waals surface area contributed by atoms with Gasteiger partial charge in [0.2, 0.25) is 0 Å². The number of thiazole rings is 1. The van der Waals surface area contributed by atoms with E-state index in [1.807, 2.05) is 30.1 Å². The number of hydrogen-bond acceptors (Lipinski definition) is 7. The molecule has 0 saturated heterocycles. The SMILES string of the molecule is CCCCn1c(=C2C(=O)N(c3ccc(F)cc3)N=C2C)sc(=C2Sc3ccc(OC)cc3N2C)c1=O. The summed E-state index contributed by atoms with van der Waals surface area (Å²) in [4.78, 5) is 30.3. The van der Waals surface area contributed by atoms with Crippen LogP contribution in [-0.4, -0.2) is 30.3 Å². The molecule has 2 aliphatic heterocycles. The molecule has 0 unspecified atom stereocenters. The number of hydrazone groups is 1. The smallest absolute Gasteiger partial charge is 0.283 e. The predicted octanol–water partition coefficient (Wildman–Crippen LogP) is 3.74. The Balaban J connectivity index is 1.69. The molecule has 2 aliphatic rings. The molecule has 0 fully saturated rings. The van der Waals surface area contributed by atoms with E-state index in [1.165, 1.54) is 52.4 Å². The fourth-order valence-corrected chi connectivity index (χ4v) is 6.76. The van der Waals surface area contributed by atoms with Gasteiger partial charge >= 0.3 is 0 Å². The molecule has 10 heteroatoms. The molecule has 3 aromatic rings. The van der Waals surface area contributed by atoms with E-state index in [2.05, 4.69) is 12.0 Å². The maximum Gasteiger partial charge on any atom is 0.283 e. The Morgan fingerprint density at radius 1 is 1.11 bits per heavy atom. The van der Waals surface area contributed by atoms with Crippen molar-refractivity contribution in [2.24, 2.45) is 5.10 Å². The standard InChI is InChI=1S/C26H25FN4O3S2/c1-5-6-13-30-24(33)22(26-29(3)19-14-18(34-4)11-12-20(19)35-26)36-25(30)21-15(2)28-31(23(21)32)17-9-7-16(27)8-10-17/h7-12,14H,5-6,13H2,1-4H3. The minimum absolute atomic E-state index is 0.120. The molecule has 7 nitrogen and oxygen atoms in total. The quantitative estimate of drug-likeness (QED) is 0.509. The van der Waals surface area contributed by atoms with Crippen LogP contribution in [0, 0.1) is 5.82 Å². The number of aromatic nitrogens is 1. The van der Waals surface area contributed by atoms with Gasteiger partial charge in [0, 0.05) is 24.6 Å². The summed E-state index contributed by atoms with van der Waals surface area (Å²) in [5.41, 5.74) is 2.24. The molecular formula is C26H25FN4O3S2. The number of unbranched alkanes of at least 4 members (excludes halogenated alkanes) is 1. The van der Waals surface area contributed by atoms with Crippen molar-refractivity contribution in [3.63, 3.8) is 0 Å². The highest BCUT2D eigenvalue weighted by Gasteiger charge is 2.32. The van der Waals surface area contributed by atoms with Crippen LogP contribution in [0.3, 0.4) is 0 Å². The Morgan fingerprint density at radius 2 is 1.86 bits per heavy atom. The summed E-state index contributed by atoms with van der Waals surface area (Å²) in [7, 11) is 3.56. The first-order valence-corrected chi connectivity index (χ1v) is 13.2. The number of rotatable bonds is 5. The third-order valence-electron chi connectivity index (χ3n) is 6.15. The minimum atomic E-state index is -0.388. The van der Waals surface area contributed by atoms with Crippen LogP contribution >= 0.6 is 23.1 Å². The first-order valence-electron chi connectivity index (χ1n) is 11.6. The summed E-state index contributed by atoms with van der Waals surface area (Å²) < 4.78 is 21.7. The number of hydrogen-bond donors (Lipinski definition) is 0. The summed E-state index contributed by atoms with van der Waals surface area (Å²) in [6, 6.07) is 11.5. The van der Waals surface area contributed by atoms with Crippen LogP contribution in [0.25, 0.3) is 10.6 Å². The van der Waals surface area contributed by atoms with E-state index >= 15 is 0 Å². The number of amides is 1. The van der Waals surface area contributed by atoms with Crippen molar-refractivity contribution >= 4 is 56.7 Å². The van der Waals surface area contributed by atoms with Gasteiger partial charge in [-0.1, -0.05) is 25.1 Å². The number of fused-ring (bicyclic) bond motifs is 1. The Kier molecular flexibility index (Phi) is 6.48. The lowest BCUT2D eigenvalue weighted by molar-refractivity contribution is -0.112. The predicted molar refractivity (Wildman–Crippen MR) is 144 cm³/mol. The van der Waals surface area contributed by atoms with Gasteiger partial charge in [0.05, 0.1) is 29.8 Å². The van der Waals surface area contributed by atoms with Crippen molar-refractivity contribution in [1.82, 2.24) is 4.57 Å². The number of carbonyl (C=O) groups excluding carboxylic acids is 1. The van der Waals surface area contributed by atoms with E-state index in [-0.39, 0.29) is 17.3 Å². The molecule has 0 spiro atoms. The molecule has 0 N–H and O–H groups in total. The Bertz CT molecular complexity index is 1570. The van der Waals surface area contributed by atoms with Crippen LogP contribution < -0.4 is 29.4 Å². The van der Waals surface area contributed by atoms with Gasteiger partial charge in [0.25, 0.3) is 11.5 Å². The fraction of sp³-hybridized carbons (Fsp3) is 0.269. The Labute approximate surface area is 215 Å². The van der Waals surface area contributed by atoms with Crippen molar-refractivity contribution in [2.75, 3.05) is 24.1 Å². The average Bonchev–Trinajstić information content (AvgIpc) is 3.48. The third-order valence-corrected chi connectivity index (χ3v) is 8.71. The van der Waals surface area contributed by atoms with Crippen LogP contribution in [0.15, 0.2) is 57.3 Å². The van der Waals surface area contributed by atoms with Crippen LogP contribution in [0.4, 0.5) is 15.8 Å². The normalized spacial score (nSPS) is 18.1. The summed E-state index contributed by atoms with van der Waals surface area (Å²) >= 11 is 2.85. The molecule has 186 valence electrons. The molecule has 2 aromatic carbocycles. The summed E-state index contributed by atoms with van der Waals surface area (Å²) in [5, 5.41) is 6.54. The van der Waals surface area contributed by atoms with E-state index in [1.54, 1.807) is 18.6 Å². The first kappa shape index (κ1) is 24.3. The molecule has 1 amide bonds. The van der Waals surface area contributed by atoms with Gasteiger partial charge in [-0.05, 0) is 49.7 Å². The highest BCUT2D eigenvalue weighted by Crippen LogP contribution is 2.46. The largest absolute Gasteiger partial charge is 0.497 e. The molecule has 0 atom stereocenters. The van der Waals surface area contributed by atoms with Crippen molar-refractivity contribution in [2.45, 2.75) is 38.1 Å². The number of benzene rings is 2. The average molecular weight is 525 g/mol. The Morgan fingerprint density at radius 3 is 2.56 bits per heavy atom. The maximum absolute atomic E-state index is 13.7. The summed E-state index contributed by atoms with van der Waals surface area (Å²) in [6.45, 7) is 4.33. The van der Waals surface area contributed by atoms with Gasteiger partial charge in [-0.2, -0.15) is 10.1 Å². The monoisotopic (exact) mass is 524 g/mol. The molecule has 3 heterocycles. The zero-order valence-corrected chi connectivity index (χ0v) is 22.0. The second-order valence-corrected chi connectivity index (χ2v) is 10.5. The molecule has 5 rings (SSSR count). The van der Waals surface area contributed by atoms with E-state index in [0.29, 0.717) is 32.7 Å². The topological polar surface area (TPSA) is 67.1 Å². The van der Waals surface area contributed by atoms with Crippen molar-refractivity contribution in [1.29, 1.82) is 0 Å². The molecule has 0 saturated carbocycles. The second kappa shape index (κ2) is 9.59. The molecule has 0 bridgehead atoms. The molecule has 1 aromatic heterocycles. The maximum atomic E-state index is 13.7. The third kappa shape index (κ3) is 4.04. The second-order valence-electron chi connectivity index (χ2n) is 8.50. The first-order chi connectivity index (χ1) is 17.3. The van der Waals surface area contributed by atoms with Gasteiger partial charge in [0.15, 0.2) is 0 Å². The molecule has 36 heavy (non-hydrogen) atoms. The van der Waals surface area contributed by atoms with E-state index < -0.39 is 0 Å². The zero-order chi connectivity index (χ0) is 25.6.